The van der Waals surface area contributed by atoms with E-state index in [2.05, 4.69) is 25.9 Å². The van der Waals surface area contributed by atoms with Crippen molar-refractivity contribution in [2.75, 3.05) is 31.1 Å². The summed E-state index contributed by atoms with van der Waals surface area (Å²) in [6.45, 7) is 4.93. The van der Waals surface area contributed by atoms with Gasteiger partial charge in [-0.2, -0.15) is 5.10 Å². The molecule has 0 aromatic carbocycles. The molecule has 1 saturated heterocycles. The maximum Gasteiger partial charge on any atom is 0.219 e. The molecule has 0 N–H and O–H groups in total. The number of carbonyl (C=O) groups excluding carboxylic acids is 1. The lowest BCUT2D eigenvalue weighted by atomic mass is 10.3. The summed E-state index contributed by atoms with van der Waals surface area (Å²) in [4.78, 5) is 15.3. The van der Waals surface area contributed by atoms with Gasteiger partial charge in [-0.05, 0) is 15.9 Å². The number of aromatic nitrogens is 2. The summed E-state index contributed by atoms with van der Waals surface area (Å²) in [5.74, 6) is 1.25. The van der Waals surface area contributed by atoms with Crippen molar-refractivity contribution in [1.82, 2.24) is 14.7 Å². The van der Waals surface area contributed by atoms with Crippen molar-refractivity contribution < 1.29 is 4.79 Å². The van der Waals surface area contributed by atoms with Crippen LogP contribution in [0.5, 0.6) is 0 Å². The van der Waals surface area contributed by atoms with Crippen molar-refractivity contribution in [3.05, 3.63) is 10.7 Å². The van der Waals surface area contributed by atoms with Gasteiger partial charge in [-0.3, -0.25) is 9.48 Å². The number of halogens is 1. The molecule has 0 radical (unpaired) electrons. The zero-order valence-electron chi connectivity index (χ0n) is 9.48. The number of piperazine rings is 1. The second-order valence-electron chi connectivity index (χ2n) is 3.94. The van der Waals surface area contributed by atoms with Crippen molar-refractivity contribution in [3.8, 4) is 0 Å². The highest BCUT2D eigenvalue weighted by molar-refractivity contribution is 9.10. The monoisotopic (exact) mass is 286 g/mol. The van der Waals surface area contributed by atoms with Crippen LogP contribution < -0.4 is 4.90 Å². The van der Waals surface area contributed by atoms with Gasteiger partial charge in [0.1, 0.15) is 10.4 Å². The van der Waals surface area contributed by atoms with Crippen LogP contribution in [0.3, 0.4) is 0 Å². The zero-order chi connectivity index (χ0) is 11.7. The third-order valence-electron chi connectivity index (χ3n) is 2.87. The number of anilines is 1. The molecule has 1 fully saturated rings. The Balaban J connectivity index is 2.04. The second-order valence-corrected chi connectivity index (χ2v) is 4.75. The topological polar surface area (TPSA) is 41.4 Å². The van der Waals surface area contributed by atoms with E-state index in [1.54, 1.807) is 6.92 Å². The van der Waals surface area contributed by atoms with Crippen LogP contribution in [0.2, 0.25) is 0 Å². The van der Waals surface area contributed by atoms with E-state index in [9.17, 15) is 4.79 Å². The Kier molecular flexibility index (Phi) is 3.18. The molecule has 0 unspecified atom stereocenters. The Bertz CT molecular complexity index is 396. The first-order valence-corrected chi connectivity index (χ1v) is 6.07. The van der Waals surface area contributed by atoms with Gasteiger partial charge in [0.05, 0.1) is 0 Å². The standard InChI is InChI=1S/C10H15BrN4O/c1-8(16)14-3-5-15(6-4-14)10-7-9(11)12-13(10)2/h7H,3-6H2,1-2H3. The lowest BCUT2D eigenvalue weighted by molar-refractivity contribution is -0.129. The Labute approximate surface area is 103 Å². The fraction of sp³-hybridized carbons (Fsp3) is 0.600. The minimum atomic E-state index is 0.158. The lowest BCUT2D eigenvalue weighted by Crippen LogP contribution is -2.48. The maximum atomic E-state index is 11.2. The number of rotatable bonds is 1. The summed E-state index contributed by atoms with van der Waals surface area (Å²) in [7, 11) is 1.93. The molecule has 16 heavy (non-hydrogen) atoms. The van der Waals surface area contributed by atoms with Gasteiger partial charge in [0, 0.05) is 46.2 Å². The van der Waals surface area contributed by atoms with E-state index in [-0.39, 0.29) is 5.91 Å². The average Bonchev–Trinajstić information content (AvgIpc) is 2.58. The van der Waals surface area contributed by atoms with Crippen LogP contribution in [0.1, 0.15) is 6.92 Å². The number of amides is 1. The molecule has 0 atom stereocenters. The normalized spacial score (nSPS) is 16.7. The summed E-state index contributed by atoms with van der Waals surface area (Å²) < 4.78 is 2.70. The average molecular weight is 287 g/mol. The van der Waals surface area contributed by atoms with Crippen LogP contribution in [0.4, 0.5) is 5.82 Å². The summed E-state index contributed by atoms with van der Waals surface area (Å²) in [5, 5.41) is 4.25. The Morgan fingerprint density at radius 3 is 2.44 bits per heavy atom. The summed E-state index contributed by atoms with van der Waals surface area (Å²) in [6, 6.07) is 2.00. The molecule has 0 bridgehead atoms. The molecule has 1 aromatic rings. The number of carbonyl (C=O) groups is 1. The van der Waals surface area contributed by atoms with E-state index in [0.29, 0.717) is 0 Å². The molecule has 0 saturated carbocycles. The Hall–Kier alpha value is -1.04. The highest BCUT2D eigenvalue weighted by Gasteiger charge is 2.20. The third-order valence-corrected chi connectivity index (χ3v) is 3.26. The highest BCUT2D eigenvalue weighted by atomic mass is 79.9. The predicted molar refractivity (Wildman–Crippen MR) is 65.4 cm³/mol. The number of nitrogens with zero attached hydrogens (tertiary/aromatic N) is 4. The second kappa shape index (κ2) is 4.45. The van der Waals surface area contributed by atoms with Crippen LogP contribution in [0.25, 0.3) is 0 Å². The van der Waals surface area contributed by atoms with Gasteiger partial charge < -0.3 is 9.80 Å². The smallest absolute Gasteiger partial charge is 0.219 e. The number of hydrogen-bond donors (Lipinski definition) is 0. The number of aryl methyl sites for hydroxylation is 1. The summed E-state index contributed by atoms with van der Waals surface area (Å²) in [6.07, 6.45) is 0. The van der Waals surface area contributed by atoms with E-state index < -0.39 is 0 Å². The first-order valence-electron chi connectivity index (χ1n) is 5.28. The summed E-state index contributed by atoms with van der Waals surface area (Å²) in [5.41, 5.74) is 0. The lowest BCUT2D eigenvalue weighted by Gasteiger charge is -2.35. The fourth-order valence-electron chi connectivity index (χ4n) is 1.97. The summed E-state index contributed by atoms with van der Waals surface area (Å²) >= 11 is 3.36. The molecule has 6 heteroatoms. The molecule has 1 aliphatic rings. The SMILES string of the molecule is CC(=O)N1CCN(c2cc(Br)nn2C)CC1. The van der Waals surface area contributed by atoms with Crippen LogP contribution in [0, 0.1) is 0 Å². The van der Waals surface area contributed by atoms with Crippen LogP contribution in [0.15, 0.2) is 10.7 Å². The predicted octanol–water partition coefficient (Wildman–Crippen LogP) is 0.851. The van der Waals surface area contributed by atoms with Crippen molar-refractivity contribution in [2.24, 2.45) is 7.05 Å². The molecule has 0 spiro atoms. The third kappa shape index (κ3) is 2.21. The van der Waals surface area contributed by atoms with E-state index in [1.807, 2.05) is 22.7 Å². The molecule has 2 heterocycles. The van der Waals surface area contributed by atoms with Crippen molar-refractivity contribution in [2.45, 2.75) is 6.92 Å². The van der Waals surface area contributed by atoms with Crippen LogP contribution in [-0.4, -0.2) is 46.8 Å². The first kappa shape index (κ1) is 11.4. The van der Waals surface area contributed by atoms with E-state index in [1.165, 1.54) is 0 Å². The van der Waals surface area contributed by atoms with Crippen LogP contribution in [-0.2, 0) is 11.8 Å². The van der Waals surface area contributed by atoms with Crippen molar-refractivity contribution >= 4 is 27.7 Å². The van der Waals surface area contributed by atoms with Gasteiger partial charge >= 0.3 is 0 Å². The quantitative estimate of drug-likeness (QED) is 0.769. The van der Waals surface area contributed by atoms with E-state index in [0.717, 1.165) is 36.6 Å². The number of hydrogen-bond acceptors (Lipinski definition) is 3. The Morgan fingerprint density at radius 1 is 1.38 bits per heavy atom. The van der Waals surface area contributed by atoms with Gasteiger partial charge in [-0.1, -0.05) is 0 Å². The fourth-order valence-corrected chi connectivity index (χ4v) is 2.41. The minimum absolute atomic E-state index is 0.158. The van der Waals surface area contributed by atoms with Gasteiger partial charge in [0.2, 0.25) is 5.91 Å². The van der Waals surface area contributed by atoms with Gasteiger partial charge in [0.15, 0.2) is 0 Å². The van der Waals surface area contributed by atoms with Gasteiger partial charge in [0.25, 0.3) is 0 Å². The molecular formula is C10H15BrN4O. The maximum absolute atomic E-state index is 11.2. The van der Waals surface area contributed by atoms with Gasteiger partial charge in [-0.15, -0.1) is 0 Å². The largest absolute Gasteiger partial charge is 0.353 e. The minimum Gasteiger partial charge on any atom is -0.353 e. The molecule has 0 aliphatic carbocycles. The highest BCUT2D eigenvalue weighted by Crippen LogP contribution is 2.20. The van der Waals surface area contributed by atoms with E-state index in [4.69, 9.17) is 0 Å². The molecular weight excluding hydrogens is 272 g/mol. The van der Waals surface area contributed by atoms with Crippen LogP contribution >= 0.6 is 15.9 Å². The van der Waals surface area contributed by atoms with Crippen molar-refractivity contribution in [1.29, 1.82) is 0 Å². The van der Waals surface area contributed by atoms with E-state index >= 15 is 0 Å². The zero-order valence-corrected chi connectivity index (χ0v) is 11.1. The molecule has 1 amide bonds. The molecule has 88 valence electrons. The Morgan fingerprint density at radius 2 is 2.00 bits per heavy atom. The molecule has 5 nitrogen and oxygen atoms in total. The molecule has 1 aliphatic heterocycles. The molecule has 2 rings (SSSR count). The van der Waals surface area contributed by atoms with Gasteiger partial charge in [-0.25, -0.2) is 0 Å². The first-order chi connectivity index (χ1) is 7.58. The molecule has 1 aromatic heterocycles. The van der Waals surface area contributed by atoms with Crippen molar-refractivity contribution in [3.63, 3.8) is 0 Å².